The second kappa shape index (κ2) is 6.65. The molecule has 0 atom stereocenters. The monoisotopic (exact) mass is 274 g/mol. The molecule has 1 heterocycles. The Bertz CT molecular complexity index is 552. The number of nitrogens with zero attached hydrogens (tertiary/aromatic N) is 1. The summed E-state index contributed by atoms with van der Waals surface area (Å²) in [6.07, 6.45) is 1.59. The quantitative estimate of drug-likeness (QED) is 0.821. The molecule has 2 rings (SSSR count). The van der Waals surface area contributed by atoms with Gasteiger partial charge in [-0.05, 0) is 31.2 Å². The molecule has 0 saturated heterocycles. The van der Waals surface area contributed by atoms with E-state index in [0.29, 0.717) is 24.5 Å². The second-order valence-corrected chi connectivity index (χ2v) is 4.31. The Morgan fingerprint density at radius 2 is 2.10 bits per heavy atom. The zero-order valence-electron chi connectivity index (χ0n) is 11.4. The van der Waals surface area contributed by atoms with Gasteiger partial charge >= 0.3 is 0 Å². The van der Waals surface area contributed by atoms with E-state index in [1.165, 1.54) is 0 Å². The number of carbonyl (C=O) groups is 1. The third kappa shape index (κ3) is 3.54. The number of ether oxygens (including phenoxy) is 1. The van der Waals surface area contributed by atoms with E-state index in [4.69, 9.17) is 14.9 Å². The van der Waals surface area contributed by atoms with Crippen molar-refractivity contribution in [2.45, 2.75) is 13.5 Å². The summed E-state index contributed by atoms with van der Waals surface area (Å²) in [5, 5.41) is 0. The summed E-state index contributed by atoms with van der Waals surface area (Å²) in [6, 6.07) is 10.8. The lowest BCUT2D eigenvalue weighted by Gasteiger charge is -2.20. The highest BCUT2D eigenvalue weighted by molar-refractivity contribution is 5.77. The second-order valence-electron chi connectivity index (χ2n) is 4.31. The number of amides is 1. The molecule has 0 saturated carbocycles. The summed E-state index contributed by atoms with van der Waals surface area (Å²) in [4.78, 5) is 13.8. The van der Waals surface area contributed by atoms with Crippen molar-refractivity contribution in [2.24, 2.45) is 0 Å². The van der Waals surface area contributed by atoms with E-state index in [1.807, 2.05) is 25.1 Å². The van der Waals surface area contributed by atoms with E-state index in [1.54, 1.807) is 29.4 Å². The van der Waals surface area contributed by atoms with Crippen molar-refractivity contribution in [1.82, 2.24) is 4.90 Å². The molecule has 0 fully saturated rings. The lowest BCUT2D eigenvalue weighted by molar-refractivity contribution is -0.134. The van der Waals surface area contributed by atoms with Gasteiger partial charge in [0.2, 0.25) is 0 Å². The van der Waals surface area contributed by atoms with Crippen LogP contribution < -0.4 is 10.5 Å². The lowest BCUT2D eigenvalue weighted by atomic mass is 10.3. The van der Waals surface area contributed by atoms with E-state index in [2.05, 4.69) is 0 Å². The predicted molar refractivity (Wildman–Crippen MR) is 76.1 cm³/mol. The van der Waals surface area contributed by atoms with E-state index in [0.717, 1.165) is 5.76 Å². The molecule has 0 aliphatic rings. The SMILES string of the molecule is CCN(Cc1ccco1)C(=O)COc1ccccc1N. The van der Waals surface area contributed by atoms with E-state index >= 15 is 0 Å². The number of likely N-dealkylation sites (N-methyl/N-ethyl adjacent to an activating group) is 1. The molecular formula is C15H18N2O3. The Morgan fingerprint density at radius 3 is 2.75 bits per heavy atom. The molecule has 20 heavy (non-hydrogen) atoms. The smallest absolute Gasteiger partial charge is 0.260 e. The minimum atomic E-state index is -0.104. The molecule has 1 amide bonds. The highest BCUT2D eigenvalue weighted by atomic mass is 16.5. The highest BCUT2D eigenvalue weighted by Gasteiger charge is 2.14. The average Bonchev–Trinajstić information content (AvgIpc) is 2.96. The molecule has 1 aromatic carbocycles. The van der Waals surface area contributed by atoms with Crippen molar-refractivity contribution in [3.8, 4) is 5.75 Å². The fourth-order valence-electron chi connectivity index (χ4n) is 1.81. The van der Waals surface area contributed by atoms with Crippen molar-refractivity contribution in [2.75, 3.05) is 18.9 Å². The maximum absolute atomic E-state index is 12.1. The molecule has 0 spiro atoms. The molecule has 0 aliphatic carbocycles. The number of nitrogens with two attached hydrogens (primary N) is 1. The van der Waals surface area contributed by atoms with Crippen molar-refractivity contribution in [3.05, 3.63) is 48.4 Å². The van der Waals surface area contributed by atoms with Gasteiger partial charge in [0, 0.05) is 6.54 Å². The van der Waals surface area contributed by atoms with Crippen LogP contribution in [0, 0.1) is 0 Å². The van der Waals surface area contributed by atoms with Gasteiger partial charge in [-0.3, -0.25) is 4.79 Å². The number of carbonyl (C=O) groups excluding carboxylic acids is 1. The first-order valence-electron chi connectivity index (χ1n) is 6.48. The molecule has 2 N–H and O–H groups in total. The molecule has 5 nitrogen and oxygen atoms in total. The van der Waals surface area contributed by atoms with E-state index in [-0.39, 0.29) is 12.5 Å². The van der Waals surface area contributed by atoms with Crippen molar-refractivity contribution < 1.29 is 13.9 Å². The van der Waals surface area contributed by atoms with Crippen LogP contribution in [0.3, 0.4) is 0 Å². The number of anilines is 1. The van der Waals surface area contributed by atoms with Crippen LogP contribution >= 0.6 is 0 Å². The Labute approximate surface area is 117 Å². The fourth-order valence-corrected chi connectivity index (χ4v) is 1.81. The first-order valence-corrected chi connectivity index (χ1v) is 6.48. The maximum Gasteiger partial charge on any atom is 0.260 e. The molecule has 106 valence electrons. The summed E-state index contributed by atoms with van der Waals surface area (Å²) >= 11 is 0. The number of furan rings is 1. The Kier molecular flexibility index (Phi) is 4.65. The first kappa shape index (κ1) is 14.0. The maximum atomic E-state index is 12.1. The van der Waals surface area contributed by atoms with Gasteiger partial charge in [-0.2, -0.15) is 0 Å². The molecule has 0 radical (unpaired) electrons. The Balaban J connectivity index is 1.91. The normalized spacial score (nSPS) is 10.2. The van der Waals surface area contributed by atoms with Crippen LogP contribution in [0.25, 0.3) is 0 Å². The number of nitrogen functional groups attached to an aromatic ring is 1. The fraction of sp³-hybridized carbons (Fsp3) is 0.267. The van der Waals surface area contributed by atoms with Gasteiger partial charge in [0.15, 0.2) is 6.61 Å². The van der Waals surface area contributed by atoms with Gasteiger partial charge in [0.05, 0.1) is 18.5 Å². The van der Waals surface area contributed by atoms with Gasteiger partial charge in [0.25, 0.3) is 5.91 Å². The Hall–Kier alpha value is -2.43. The average molecular weight is 274 g/mol. The highest BCUT2D eigenvalue weighted by Crippen LogP contribution is 2.19. The molecule has 0 unspecified atom stereocenters. The van der Waals surface area contributed by atoms with Crippen molar-refractivity contribution in [1.29, 1.82) is 0 Å². The van der Waals surface area contributed by atoms with Crippen LogP contribution in [0.4, 0.5) is 5.69 Å². The zero-order valence-corrected chi connectivity index (χ0v) is 11.4. The van der Waals surface area contributed by atoms with Crippen LogP contribution in [-0.2, 0) is 11.3 Å². The van der Waals surface area contributed by atoms with Gasteiger partial charge in [-0.15, -0.1) is 0 Å². The number of hydrogen-bond donors (Lipinski definition) is 1. The molecule has 5 heteroatoms. The summed E-state index contributed by atoms with van der Waals surface area (Å²) in [7, 11) is 0. The van der Waals surface area contributed by atoms with Crippen LogP contribution in [0.2, 0.25) is 0 Å². The minimum Gasteiger partial charge on any atom is -0.482 e. The number of hydrogen-bond acceptors (Lipinski definition) is 4. The summed E-state index contributed by atoms with van der Waals surface area (Å²) in [5.41, 5.74) is 6.28. The van der Waals surface area contributed by atoms with Crippen LogP contribution in [0.15, 0.2) is 47.1 Å². The predicted octanol–water partition coefficient (Wildman–Crippen LogP) is 2.29. The molecule has 0 bridgehead atoms. The lowest BCUT2D eigenvalue weighted by Crippen LogP contribution is -2.34. The van der Waals surface area contributed by atoms with Crippen LogP contribution in [-0.4, -0.2) is 24.0 Å². The summed E-state index contributed by atoms with van der Waals surface area (Å²) in [5.74, 6) is 1.17. The standard InChI is InChI=1S/C15H18N2O3/c1-2-17(10-12-6-5-9-19-12)15(18)11-20-14-8-4-3-7-13(14)16/h3-9H,2,10-11,16H2,1H3. The van der Waals surface area contributed by atoms with Gasteiger partial charge in [0.1, 0.15) is 11.5 Å². The number of para-hydroxylation sites is 2. The third-order valence-corrected chi connectivity index (χ3v) is 2.93. The van der Waals surface area contributed by atoms with E-state index in [9.17, 15) is 4.79 Å². The number of rotatable bonds is 6. The largest absolute Gasteiger partial charge is 0.482 e. The Morgan fingerprint density at radius 1 is 1.30 bits per heavy atom. The third-order valence-electron chi connectivity index (χ3n) is 2.93. The van der Waals surface area contributed by atoms with Crippen LogP contribution in [0.5, 0.6) is 5.75 Å². The molecule has 1 aromatic heterocycles. The van der Waals surface area contributed by atoms with E-state index < -0.39 is 0 Å². The van der Waals surface area contributed by atoms with Gasteiger partial charge < -0.3 is 19.8 Å². The molecule has 2 aromatic rings. The van der Waals surface area contributed by atoms with Crippen molar-refractivity contribution >= 4 is 11.6 Å². The summed E-state index contributed by atoms with van der Waals surface area (Å²) in [6.45, 7) is 2.91. The molecule has 0 aliphatic heterocycles. The van der Waals surface area contributed by atoms with Gasteiger partial charge in [-0.25, -0.2) is 0 Å². The zero-order chi connectivity index (χ0) is 14.4. The first-order chi connectivity index (χ1) is 9.70. The minimum absolute atomic E-state index is 0.0389. The van der Waals surface area contributed by atoms with Gasteiger partial charge in [-0.1, -0.05) is 12.1 Å². The number of benzene rings is 1. The van der Waals surface area contributed by atoms with Crippen LogP contribution in [0.1, 0.15) is 12.7 Å². The topological polar surface area (TPSA) is 68.7 Å². The molecular weight excluding hydrogens is 256 g/mol. The van der Waals surface area contributed by atoms with Crippen molar-refractivity contribution in [3.63, 3.8) is 0 Å². The summed E-state index contributed by atoms with van der Waals surface area (Å²) < 4.78 is 10.7.